The predicted molar refractivity (Wildman–Crippen MR) is 81.2 cm³/mol. The maximum Gasteiger partial charge on any atom is 0.0913 e. The molecular weight excluding hydrogens is 248 g/mol. The first kappa shape index (κ1) is 14.5. The first-order valence-corrected chi connectivity index (χ1v) is 6.79. The van der Waals surface area contributed by atoms with Gasteiger partial charge in [-0.25, -0.2) is 0 Å². The second-order valence-corrected chi connectivity index (χ2v) is 4.71. The molecule has 0 unspecified atom stereocenters. The van der Waals surface area contributed by atoms with Gasteiger partial charge in [0.1, 0.15) is 0 Å². The zero-order valence-electron chi connectivity index (χ0n) is 11.5. The Morgan fingerprint density at radius 1 is 1.00 bits per heavy atom. The molecule has 0 amide bonds. The summed E-state index contributed by atoms with van der Waals surface area (Å²) in [5.41, 5.74) is 2.18. The molecular formula is C18H20O2. The Balaban J connectivity index is 2.13. The van der Waals surface area contributed by atoms with Gasteiger partial charge in [0.15, 0.2) is 0 Å². The van der Waals surface area contributed by atoms with E-state index in [4.69, 9.17) is 4.74 Å². The second kappa shape index (κ2) is 7.63. The molecule has 2 nitrogen and oxygen atoms in total. The van der Waals surface area contributed by atoms with Crippen molar-refractivity contribution in [2.45, 2.75) is 12.7 Å². The normalized spacial score (nSPS) is 13.7. The van der Waals surface area contributed by atoms with Gasteiger partial charge < -0.3 is 9.84 Å². The minimum absolute atomic E-state index is 0.0256. The predicted octanol–water partition coefficient (Wildman–Crippen LogP) is 3.74. The fraction of sp³-hybridized carbons (Fsp3) is 0.222. The number of aliphatic hydroxyl groups is 1. The third-order valence-electron chi connectivity index (χ3n) is 3.30. The fourth-order valence-corrected chi connectivity index (χ4v) is 2.16. The average Bonchev–Trinajstić information content (AvgIpc) is 2.53. The van der Waals surface area contributed by atoms with Crippen molar-refractivity contribution in [3.63, 3.8) is 0 Å². The molecule has 0 radical (unpaired) electrons. The van der Waals surface area contributed by atoms with Crippen molar-refractivity contribution >= 4 is 0 Å². The van der Waals surface area contributed by atoms with Crippen molar-refractivity contribution in [3.05, 3.63) is 84.4 Å². The van der Waals surface area contributed by atoms with E-state index in [0.717, 1.165) is 11.1 Å². The molecule has 0 spiro atoms. The molecule has 0 aromatic heterocycles. The van der Waals surface area contributed by atoms with Crippen LogP contribution < -0.4 is 0 Å². The van der Waals surface area contributed by atoms with Crippen LogP contribution in [0.4, 0.5) is 0 Å². The molecule has 2 aromatic rings. The average molecular weight is 268 g/mol. The summed E-state index contributed by atoms with van der Waals surface area (Å²) in [5, 5.41) is 9.50. The van der Waals surface area contributed by atoms with Gasteiger partial charge in [0.05, 0.1) is 19.3 Å². The van der Waals surface area contributed by atoms with Crippen LogP contribution in [0.5, 0.6) is 0 Å². The smallest absolute Gasteiger partial charge is 0.0913 e. The van der Waals surface area contributed by atoms with Crippen LogP contribution in [-0.4, -0.2) is 11.7 Å². The van der Waals surface area contributed by atoms with E-state index in [2.05, 4.69) is 6.58 Å². The lowest BCUT2D eigenvalue weighted by Crippen LogP contribution is -2.17. The highest BCUT2D eigenvalue weighted by atomic mass is 16.5. The van der Waals surface area contributed by atoms with Crippen LogP contribution in [0.1, 0.15) is 17.2 Å². The summed E-state index contributed by atoms with van der Waals surface area (Å²) in [6.45, 7) is 4.34. The second-order valence-electron chi connectivity index (χ2n) is 4.71. The Bertz CT molecular complexity index is 507. The summed E-state index contributed by atoms with van der Waals surface area (Å²) in [6, 6.07) is 20.0. The molecule has 0 bridgehead atoms. The van der Waals surface area contributed by atoms with Crippen LogP contribution >= 0.6 is 0 Å². The van der Waals surface area contributed by atoms with E-state index in [1.54, 1.807) is 6.08 Å². The summed E-state index contributed by atoms with van der Waals surface area (Å²) in [7, 11) is 0. The third-order valence-corrected chi connectivity index (χ3v) is 3.30. The molecule has 0 aliphatic heterocycles. The van der Waals surface area contributed by atoms with Gasteiger partial charge in [-0.3, -0.25) is 0 Å². The molecule has 0 heterocycles. The van der Waals surface area contributed by atoms with Crippen molar-refractivity contribution in [3.8, 4) is 0 Å². The number of rotatable bonds is 7. The van der Waals surface area contributed by atoms with Gasteiger partial charge in [-0.1, -0.05) is 66.7 Å². The summed E-state index contributed by atoms with van der Waals surface area (Å²) in [4.78, 5) is 0. The van der Waals surface area contributed by atoms with Crippen molar-refractivity contribution < 1.29 is 9.84 Å². The molecule has 0 fully saturated rings. The number of hydrogen-bond donors (Lipinski definition) is 1. The minimum atomic E-state index is -0.182. The number of hydrogen-bond acceptors (Lipinski definition) is 2. The molecule has 1 N–H and O–H groups in total. The van der Waals surface area contributed by atoms with Crippen molar-refractivity contribution in [1.82, 2.24) is 0 Å². The minimum Gasteiger partial charge on any atom is -0.396 e. The van der Waals surface area contributed by atoms with Crippen molar-refractivity contribution in [2.75, 3.05) is 6.61 Å². The molecule has 20 heavy (non-hydrogen) atoms. The SMILES string of the molecule is C=C[C@H](CO)[C@H](OCc1ccccc1)c1ccccc1. The summed E-state index contributed by atoms with van der Waals surface area (Å²) >= 11 is 0. The lowest BCUT2D eigenvalue weighted by molar-refractivity contribution is -0.00305. The monoisotopic (exact) mass is 268 g/mol. The van der Waals surface area contributed by atoms with Gasteiger partial charge >= 0.3 is 0 Å². The Hall–Kier alpha value is -1.90. The van der Waals surface area contributed by atoms with E-state index in [1.165, 1.54) is 0 Å². The topological polar surface area (TPSA) is 29.5 Å². The van der Waals surface area contributed by atoms with Crippen LogP contribution in [-0.2, 0) is 11.3 Å². The maximum absolute atomic E-state index is 9.50. The van der Waals surface area contributed by atoms with Gasteiger partial charge in [0.25, 0.3) is 0 Å². The Morgan fingerprint density at radius 3 is 2.15 bits per heavy atom. The lowest BCUT2D eigenvalue weighted by Gasteiger charge is -2.24. The van der Waals surface area contributed by atoms with Crippen molar-refractivity contribution in [1.29, 1.82) is 0 Å². The fourth-order valence-electron chi connectivity index (χ4n) is 2.16. The van der Waals surface area contributed by atoms with E-state index in [1.807, 2.05) is 60.7 Å². The first-order valence-electron chi connectivity index (χ1n) is 6.79. The largest absolute Gasteiger partial charge is 0.396 e. The Kier molecular flexibility index (Phi) is 5.54. The number of aliphatic hydroxyl groups excluding tert-OH is 1. The van der Waals surface area contributed by atoms with Crippen LogP contribution in [0.15, 0.2) is 73.3 Å². The molecule has 0 saturated heterocycles. The third kappa shape index (κ3) is 3.80. The standard InChI is InChI=1S/C18H20O2/c1-2-16(13-19)18(17-11-7-4-8-12-17)20-14-15-9-5-3-6-10-15/h2-12,16,18-19H,1,13-14H2/t16-,18+/m1/s1. The van der Waals surface area contributed by atoms with E-state index >= 15 is 0 Å². The highest BCUT2D eigenvalue weighted by molar-refractivity contribution is 5.20. The maximum atomic E-state index is 9.50. The van der Waals surface area contributed by atoms with Gasteiger partial charge in [-0.2, -0.15) is 0 Å². The zero-order chi connectivity index (χ0) is 14.2. The number of ether oxygens (including phenoxy) is 1. The highest BCUT2D eigenvalue weighted by Crippen LogP contribution is 2.27. The summed E-state index contributed by atoms with van der Waals surface area (Å²) < 4.78 is 6.03. The van der Waals surface area contributed by atoms with Crippen LogP contribution in [0.25, 0.3) is 0 Å². The molecule has 2 atom stereocenters. The zero-order valence-corrected chi connectivity index (χ0v) is 11.5. The molecule has 2 rings (SSSR count). The quantitative estimate of drug-likeness (QED) is 0.775. The van der Waals surface area contributed by atoms with Crippen molar-refractivity contribution in [2.24, 2.45) is 5.92 Å². The number of benzene rings is 2. The Morgan fingerprint density at radius 2 is 1.60 bits per heavy atom. The van der Waals surface area contributed by atoms with Crippen LogP contribution in [0, 0.1) is 5.92 Å². The van der Waals surface area contributed by atoms with Gasteiger partial charge in [0, 0.05) is 5.92 Å². The molecule has 0 aliphatic carbocycles. The first-order chi connectivity index (χ1) is 9.85. The Labute approximate surface area is 120 Å². The van der Waals surface area contributed by atoms with E-state index in [-0.39, 0.29) is 18.6 Å². The molecule has 2 aromatic carbocycles. The summed E-state index contributed by atoms with van der Waals surface area (Å²) in [5.74, 6) is -0.110. The van der Waals surface area contributed by atoms with E-state index < -0.39 is 0 Å². The van der Waals surface area contributed by atoms with Gasteiger partial charge in [-0.15, -0.1) is 6.58 Å². The molecule has 2 heteroatoms. The van der Waals surface area contributed by atoms with Crippen LogP contribution in [0.2, 0.25) is 0 Å². The van der Waals surface area contributed by atoms with Crippen LogP contribution in [0.3, 0.4) is 0 Å². The molecule has 0 saturated carbocycles. The molecule has 0 aliphatic rings. The highest BCUT2D eigenvalue weighted by Gasteiger charge is 2.20. The van der Waals surface area contributed by atoms with Gasteiger partial charge in [0.2, 0.25) is 0 Å². The molecule has 104 valence electrons. The van der Waals surface area contributed by atoms with Gasteiger partial charge in [-0.05, 0) is 11.1 Å². The summed E-state index contributed by atoms with van der Waals surface area (Å²) in [6.07, 6.45) is 1.57. The lowest BCUT2D eigenvalue weighted by atomic mass is 9.96. The van der Waals surface area contributed by atoms with E-state index in [9.17, 15) is 5.11 Å². The van der Waals surface area contributed by atoms with E-state index in [0.29, 0.717) is 6.61 Å².